The molecule has 0 saturated carbocycles. The number of nitrogens with zero attached hydrogens (tertiary/aromatic N) is 2. The lowest BCUT2D eigenvalue weighted by Crippen LogP contribution is -2.33. The van der Waals surface area contributed by atoms with Gasteiger partial charge in [0.2, 0.25) is 11.7 Å². The molecule has 0 unspecified atom stereocenters. The van der Waals surface area contributed by atoms with Crippen LogP contribution in [0.1, 0.15) is 24.0 Å². The smallest absolute Gasteiger partial charge is 0.259 e. The lowest BCUT2D eigenvalue weighted by Gasteiger charge is -2.22. The van der Waals surface area contributed by atoms with E-state index < -0.39 is 5.92 Å². The summed E-state index contributed by atoms with van der Waals surface area (Å²) in [6.07, 6.45) is 2.04. The number of imide groups is 1. The third-order valence-corrected chi connectivity index (χ3v) is 6.45. The van der Waals surface area contributed by atoms with Gasteiger partial charge in [-0.2, -0.15) is 0 Å². The quantitative estimate of drug-likeness (QED) is 0.660. The number of rotatable bonds is 4. The Bertz CT molecular complexity index is 1330. The predicted octanol–water partition coefficient (Wildman–Crippen LogP) is 3.40. The van der Waals surface area contributed by atoms with Crippen LogP contribution in [0.25, 0.3) is 10.9 Å². The molecule has 33 heavy (non-hydrogen) atoms. The summed E-state index contributed by atoms with van der Waals surface area (Å²) in [5.41, 5.74) is 4.99. The highest BCUT2D eigenvalue weighted by Crippen LogP contribution is 2.49. The van der Waals surface area contributed by atoms with Crippen molar-refractivity contribution in [1.29, 1.82) is 0 Å². The maximum atomic E-state index is 13.5. The van der Waals surface area contributed by atoms with E-state index in [1.54, 1.807) is 21.3 Å². The van der Waals surface area contributed by atoms with Crippen molar-refractivity contribution in [3.05, 3.63) is 58.9 Å². The summed E-state index contributed by atoms with van der Waals surface area (Å²) in [6.45, 7) is 1.62. The zero-order chi connectivity index (χ0) is 23.4. The van der Waals surface area contributed by atoms with Gasteiger partial charge in [-0.15, -0.1) is 0 Å². The standard InChI is InChI=1S/C25H25N3O5/c1-13(29)28-12-17-23(25(28)30)21(14-9-19(31-3)24(33-5)20(10-14)32-4)15-11-27(2)18-8-6-7-16(26-17)22(15)18/h6-11,21,26H,12H2,1-5H3/t21-/m1/s1. The molecule has 8 nitrogen and oxygen atoms in total. The summed E-state index contributed by atoms with van der Waals surface area (Å²) in [7, 11) is 6.67. The number of methoxy groups -OCH3 is 3. The van der Waals surface area contributed by atoms with E-state index >= 15 is 0 Å². The number of aryl methyl sites for hydroxylation is 1. The molecule has 0 aliphatic carbocycles. The summed E-state index contributed by atoms with van der Waals surface area (Å²) >= 11 is 0. The molecular formula is C25H25N3O5. The van der Waals surface area contributed by atoms with Crippen molar-refractivity contribution in [2.45, 2.75) is 12.8 Å². The van der Waals surface area contributed by atoms with Gasteiger partial charge >= 0.3 is 0 Å². The Hall–Kier alpha value is -3.94. The molecular weight excluding hydrogens is 422 g/mol. The Morgan fingerprint density at radius 3 is 2.39 bits per heavy atom. The van der Waals surface area contributed by atoms with E-state index in [0.29, 0.717) is 22.8 Å². The average Bonchev–Trinajstić information content (AvgIpc) is 3.26. The van der Waals surface area contributed by atoms with Gasteiger partial charge < -0.3 is 24.1 Å². The topological polar surface area (TPSA) is 82.0 Å². The number of hydrogen-bond acceptors (Lipinski definition) is 6. The van der Waals surface area contributed by atoms with Gasteiger partial charge in [0.25, 0.3) is 5.91 Å². The van der Waals surface area contributed by atoms with Crippen LogP contribution in [0.15, 0.2) is 47.8 Å². The number of carbonyl (C=O) groups excluding carboxylic acids is 2. The normalized spacial score (nSPS) is 17.1. The van der Waals surface area contributed by atoms with E-state index in [2.05, 4.69) is 16.0 Å². The molecule has 1 N–H and O–H groups in total. The van der Waals surface area contributed by atoms with E-state index in [4.69, 9.17) is 14.2 Å². The highest BCUT2D eigenvalue weighted by molar-refractivity contribution is 6.11. The fourth-order valence-corrected chi connectivity index (χ4v) is 4.98. The van der Waals surface area contributed by atoms with Crippen LogP contribution in [0, 0.1) is 0 Å². The zero-order valence-corrected chi connectivity index (χ0v) is 19.2. The van der Waals surface area contributed by atoms with Gasteiger partial charge in [0, 0.05) is 42.9 Å². The SMILES string of the molecule is COc1cc([C@H]2C3=C(CN(C(C)=O)C3=O)Nc3cccc4c3c2cn4C)cc(OC)c1OC. The molecule has 8 heteroatoms. The number of anilines is 1. The molecule has 0 radical (unpaired) electrons. The molecule has 0 bridgehead atoms. The molecule has 2 amide bonds. The molecule has 3 aromatic rings. The van der Waals surface area contributed by atoms with Crippen LogP contribution in [0.5, 0.6) is 17.2 Å². The fraction of sp³-hybridized carbons (Fsp3) is 0.280. The van der Waals surface area contributed by atoms with Crippen LogP contribution in [0.4, 0.5) is 5.69 Å². The Morgan fingerprint density at radius 2 is 1.79 bits per heavy atom. The molecule has 1 aromatic heterocycles. The first-order chi connectivity index (χ1) is 15.9. The Labute approximate surface area is 191 Å². The fourth-order valence-electron chi connectivity index (χ4n) is 4.98. The number of nitrogens with one attached hydrogen (secondary N) is 1. The first-order valence-electron chi connectivity index (χ1n) is 10.6. The van der Waals surface area contributed by atoms with E-state index in [0.717, 1.165) is 33.4 Å². The van der Waals surface area contributed by atoms with Crippen LogP contribution < -0.4 is 19.5 Å². The lowest BCUT2D eigenvalue weighted by molar-refractivity contribution is -0.139. The lowest BCUT2D eigenvalue weighted by atomic mass is 9.84. The van der Waals surface area contributed by atoms with Gasteiger partial charge in [-0.1, -0.05) is 6.07 Å². The summed E-state index contributed by atoms with van der Waals surface area (Å²) < 4.78 is 18.7. The molecule has 0 saturated heterocycles. The van der Waals surface area contributed by atoms with Crippen molar-refractivity contribution in [3.63, 3.8) is 0 Å². The predicted molar refractivity (Wildman–Crippen MR) is 124 cm³/mol. The van der Waals surface area contributed by atoms with Crippen molar-refractivity contribution in [1.82, 2.24) is 9.47 Å². The van der Waals surface area contributed by atoms with Crippen LogP contribution in [0.3, 0.4) is 0 Å². The molecule has 2 aromatic carbocycles. The van der Waals surface area contributed by atoms with Crippen molar-refractivity contribution in [2.24, 2.45) is 7.05 Å². The summed E-state index contributed by atoms with van der Waals surface area (Å²) in [5.74, 6) is 0.455. The number of aromatic nitrogens is 1. The molecule has 0 fully saturated rings. The van der Waals surface area contributed by atoms with Gasteiger partial charge in [0.1, 0.15) is 0 Å². The number of hydrogen-bond donors (Lipinski definition) is 1. The minimum Gasteiger partial charge on any atom is -0.493 e. The Kier molecular flexibility index (Phi) is 4.81. The summed E-state index contributed by atoms with van der Waals surface area (Å²) in [5, 5.41) is 4.50. The van der Waals surface area contributed by atoms with E-state index in [1.165, 1.54) is 11.8 Å². The maximum Gasteiger partial charge on any atom is 0.259 e. The van der Waals surface area contributed by atoms with Crippen LogP contribution in [0.2, 0.25) is 0 Å². The second-order valence-corrected chi connectivity index (χ2v) is 8.21. The molecule has 3 heterocycles. The third kappa shape index (κ3) is 2.97. The Balaban J connectivity index is 1.83. The first-order valence-corrected chi connectivity index (χ1v) is 10.6. The van der Waals surface area contributed by atoms with Crippen molar-refractivity contribution >= 4 is 28.4 Å². The van der Waals surface area contributed by atoms with Crippen molar-refractivity contribution in [2.75, 3.05) is 33.2 Å². The molecule has 2 aliphatic heterocycles. The van der Waals surface area contributed by atoms with Crippen LogP contribution in [-0.4, -0.2) is 49.2 Å². The number of amides is 2. The highest BCUT2D eigenvalue weighted by atomic mass is 16.5. The van der Waals surface area contributed by atoms with Crippen molar-refractivity contribution in [3.8, 4) is 17.2 Å². The summed E-state index contributed by atoms with van der Waals surface area (Å²) in [6, 6.07) is 9.76. The first kappa shape index (κ1) is 20.9. The van der Waals surface area contributed by atoms with Gasteiger partial charge in [-0.3, -0.25) is 14.5 Å². The maximum absolute atomic E-state index is 13.5. The highest BCUT2D eigenvalue weighted by Gasteiger charge is 2.42. The molecule has 170 valence electrons. The second kappa shape index (κ2) is 7.58. The number of carbonyl (C=O) groups is 2. The minimum atomic E-state index is -0.439. The van der Waals surface area contributed by atoms with Gasteiger partial charge in [-0.05, 0) is 35.4 Å². The minimum absolute atomic E-state index is 0.206. The average molecular weight is 447 g/mol. The molecule has 5 rings (SSSR count). The second-order valence-electron chi connectivity index (χ2n) is 8.21. The monoisotopic (exact) mass is 447 g/mol. The van der Waals surface area contributed by atoms with E-state index in [-0.39, 0.29) is 18.4 Å². The molecule has 2 aliphatic rings. The van der Waals surface area contributed by atoms with E-state index in [1.807, 2.05) is 37.5 Å². The third-order valence-electron chi connectivity index (χ3n) is 6.45. The van der Waals surface area contributed by atoms with Gasteiger partial charge in [-0.25, -0.2) is 0 Å². The number of ether oxygens (including phenoxy) is 3. The largest absolute Gasteiger partial charge is 0.493 e. The zero-order valence-electron chi connectivity index (χ0n) is 19.2. The Morgan fingerprint density at radius 1 is 1.09 bits per heavy atom. The van der Waals surface area contributed by atoms with E-state index in [9.17, 15) is 9.59 Å². The molecule has 1 atom stereocenters. The van der Waals surface area contributed by atoms with Gasteiger partial charge in [0.15, 0.2) is 11.5 Å². The van der Waals surface area contributed by atoms with Crippen molar-refractivity contribution < 1.29 is 23.8 Å². The number of benzene rings is 2. The van der Waals surface area contributed by atoms with Crippen LogP contribution >= 0.6 is 0 Å². The van der Waals surface area contributed by atoms with Gasteiger partial charge in [0.05, 0.1) is 39.0 Å². The molecule has 0 spiro atoms. The van der Waals surface area contributed by atoms with Crippen LogP contribution in [-0.2, 0) is 16.6 Å². The summed E-state index contributed by atoms with van der Waals surface area (Å²) in [4.78, 5) is 27.1.